The summed E-state index contributed by atoms with van der Waals surface area (Å²) in [6.45, 7) is 8.21. The van der Waals surface area contributed by atoms with Gasteiger partial charge in [0, 0.05) is 18.6 Å². The van der Waals surface area contributed by atoms with Crippen molar-refractivity contribution >= 4 is 0 Å². The van der Waals surface area contributed by atoms with Gasteiger partial charge in [0.15, 0.2) is 0 Å². The monoisotopic (exact) mass is 263 g/mol. The van der Waals surface area contributed by atoms with Crippen LogP contribution in [0.1, 0.15) is 25.8 Å². The Bertz CT molecular complexity index is 380. The maximum atomic E-state index is 9.35. The van der Waals surface area contributed by atoms with Gasteiger partial charge in [-0.25, -0.2) is 0 Å². The predicted octanol–water partition coefficient (Wildman–Crippen LogP) is 2.59. The molecule has 1 atom stereocenters. The lowest BCUT2D eigenvalue weighted by Crippen LogP contribution is -2.38. The van der Waals surface area contributed by atoms with Crippen molar-refractivity contribution in [1.29, 1.82) is 0 Å². The molecule has 1 saturated heterocycles. The normalized spacial score (nSPS) is 23.1. The van der Waals surface area contributed by atoms with E-state index in [2.05, 4.69) is 19.2 Å². The van der Waals surface area contributed by atoms with Crippen LogP contribution in [0.2, 0.25) is 0 Å². The fraction of sp³-hybridized carbons (Fsp3) is 0.625. The molecule has 1 fully saturated rings. The van der Waals surface area contributed by atoms with Gasteiger partial charge in [0.25, 0.3) is 0 Å². The summed E-state index contributed by atoms with van der Waals surface area (Å²) in [5.74, 6) is 1.01. The molecule has 106 valence electrons. The summed E-state index contributed by atoms with van der Waals surface area (Å²) >= 11 is 0. The number of benzene rings is 1. The third-order valence-corrected chi connectivity index (χ3v) is 3.75. The largest absolute Gasteiger partial charge is 0.508 e. The highest BCUT2D eigenvalue weighted by atomic mass is 16.5. The first-order valence-corrected chi connectivity index (χ1v) is 7.16. The zero-order chi connectivity index (χ0) is 13.7. The Hall–Kier alpha value is -1.06. The van der Waals surface area contributed by atoms with Gasteiger partial charge >= 0.3 is 0 Å². The fourth-order valence-electron chi connectivity index (χ4n) is 2.66. The summed E-state index contributed by atoms with van der Waals surface area (Å²) in [5, 5.41) is 12.9. The molecule has 1 aliphatic rings. The molecule has 2 N–H and O–H groups in total. The summed E-state index contributed by atoms with van der Waals surface area (Å²) < 4.78 is 5.62. The Morgan fingerprint density at radius 3 is 2.63 bits per heavy atom. The van der Waals surface area contributed by atoms with Crippen LogP contribution in [-0.2, 0) is 11.2 Å². The molecule has 0 amide bonds. The van der Waals surface area contributed by atoms with Gasteiger partial charge in [0.1, 0.15) is 5.75 Å². The van der Waals surface area contributed by atoms with Crippen LogP contribution < -0.4 is 5.32 Å². The number of phenols is 1. The van der Waals surface area contributed by atoms with Crippen molar-refractivity contribution in [3.8, 4) is 5.75 Å². The maximum absolute atomic E-state index is 9.35. The van der Waals surface area contributed by atoms with E-state index in [1.807, 2.05) is 12.1 Å². The van der Waals surface area contributed by atoms with Crippen molar-refractivity contribution in [1.82, 2.24) is 5.32 Å². The topological polar surface area (TPSA) is 41.5 Å². The molecule has 0 aromatic heterocycles. The molecule has 0 aliphatic carbocycles. The zero-order valence-corrected chi connectivity index (χ0v) is 12.0. The molecule has 2 rings (SSSR count). The molecule has 0 saturated carbocycles. The van der Waals surface area contributed by atoms with Crippen molar-refractivity contribution < 1.29 is 9.84 Å². The van der Waals surface area contributed by atoms with Crippen molar-refractivity contribution in [2.24, 2.45) is 11.3 Å². The van der Waals surface area contributed by atoms with Crippen LogP contribution in [0.5, 0.6) is 5.75 Å². The van der Waals surface area contributed by atoms with Crippen molar-refractivity contribution in [2.75, 3.05) is 26.3 Å². The molecule has 3 nitrogen and oxygen atoms in total. The zero-order valence-electron chi connectivity index (χ0n) is 12.0. The van der Waals surface area contributed by atoms with Gasteiger partial charge in [-0.15, -0.1) is 0 Å². The fourth-order valence-corrected chi connectivity index (χ4v) is 2.66. The Balaban J connectivity index is 1.96. The van der Waals surface area contributed by atoms with E-state index in [0.29, 0.717) is 11.7 Å². The maximum Gasteiger partial charge on any atom is 0.115 e. The van der Waals surface area contributed by atoms with Crippen LogP contribution in [0.3, 0.4) is 0 Å². The molecule has 0 radical (unpaired) electrons. The van der Waals surface area contributed by atoms with E-state index < -0.39 is 0 Å². The van der Waals surface area contributed by atoms with Crippen LogP contribution in [-0.4, -0.2) is 31.4 Å². The van der Waals surface area contributed by atoms with E-state index in [-0.39, 0.29) is 5.41 Å². The van der Waals surface area contributed by atoms with Gasteiger partial charge in [-0.05, 0) is 43.0 Å². The average molecular weight is 263 g/mol. The highest BCUT2D eigenvalue weighted by molar-refractivity contribution is 5.27. The van der Waals surface area contributed by atoms with Crippen LogP contribution in [0.15, 0.2) is 24.3 Å². The third-order valence-electron chi connectivity index (χ3n) is 3.75. The molecular weight excluding hydrogens is 238 g/mol. The Morgan fingerprint density at radius 2 is 2.05 bits per heavy atom. The first-order valence-electron chi connectivity index (χ1n) is 7.16. The van der Waals surface area contributed by atoms with E-state index >= 15 is 0 Å². The van der Waals surface area contributed by atoms with Crippen molar-refractivity contribution in [3.63, 3.8) is 0 Å². The molecule has 0 bridgehead atoms. The summed E-state index contributed by atoms with van der Waals surface area (Å²) in [6, 6.07) is 7.55. The predicted molar refractivity (Wildman–Crippen MR) is 77.4 cm³/mol. The summed E-state index contributed by atoms with van der Waals surface area (Å²) in [6.07, 6.45) is 2.12. The quantitative estimate of drug-likeness (QED) is 0.829. The van der Waals surface area contributed by atoms with E-state index in [9.17, 15) is 5.11 Å². The van der Waals surface area contributed by atoms with Crippen molar-refractivity contribution in [2.45, 2.75) is 26.7 Å². The Kier molecular flexibility index (Phi) is 4.83. The lowest BCUT2D eigenvalue weighted by atomic mass is 9.80. The van der Waals surface area contributed by atoms with Gasteiger partial charge in [0.05, 0.1) is 6.61 Å². The van der Waals surface area contributed by atoms with E-state index in [0.717, 1.165) is 39.1 Å². The number of phenolic OH excluding ortho intramolecular Hbond substituents is 1. The Morgan fingerprint density at radius 1 is 1.32 bits per heavy atom. The minimum atomic E-state index is 0.214. The molecule has 19 heavy (non-hydrogen) atoms. The molecule has 1 unspecified atom stereocenters. The van der Waals surface area contributed by atoms with E-state index in [1.54, 1.807) is 12.1 Å². The molecule has 3 heteroatoms. The lowest BCUT2D eigenvalue weighted by Gasteiger charge is -2.28. The van der Waals surface area contributed by atoms with Gasteiger partial charge in [0.2, 0.25) is 0 Å². The Labute approximate surface area is 116 Å². The first kappa shape index (κ1) is 14.4. The first-order chi connectivity index (χ1) is 9.10. The van der Waals surface area contributed by atoms with Crippen LogP contribution in [0, 0.1) is 11.3 Å². The van der Waals surface area contributed by atoms with Crippen LogP contribution in [0.4, 0.5) is 0 Å². The lowest BCUT2D eigenvalue weighted by molar-refractivity contribution is 0.148. The molecule has 0 spiro atoms. The van der Waals surface area contributed by atoms with Gasteiger partial charge < -0.3 is 15.2 Å². The highest BCUT2D eigenvalue weighted by Gasteiger charge is 2.34. The number of aromatic hydroxyl groups is 1. The number of ether oxygens (including phenoxy) is 1. The highest BCUT2D eigenvalue weighted by Crippen LogP contribution is 2.32. The summed E-state index contributed by atoms with van der Waals surface area (Å²) in [4.78, 5) is 0. The van der Waals surface area contributed by atoms with Gasteiger partial charge in [-0.1, -0.05) is 26.0 Å². The van der Waals surface area contributed by atoms with E-state index in [4.69, 9.17) is 4.74 Å². The second-order valence-electron chi connectivity index (χ2n) is 6.17. The SMILES string of the molecule is CC(C)CNCC1(Cc2ccc(O)cc2)CCOC1. The standard InChI is InChI=1S/C16H25NO2/c1-13(2)10-17-11-16(7-8-19-12-16)9-14-3-5-15(18)6-4-14/h3-6,13,17-18H,7-12H2,1-2H3. The smallest absolute Gasteiger partial charge is 0.115 e. The molecular formula is C16H25NO2. The van der Waals surface area contributed by atoms with Gasteiger partial charge in [-0.2, -0.15) is 0 Å². The number of hydrogen-bond acceptors (Lipinski definition) is 3. The van der Waals surface area contributed by atoms with Crippen LogP contribution >= 0.6 is 0 Å². The number of hydrogen-bond donors (Lipinski definition) is 2. The molecule has 1 heterocycles. The summed E-state index contributed by atoms with van der Waals surface area (Å²) in [5.41, 5.74) is 1.49. The molecule has 1 aliphatic heterocycles. The number of nitrogens with one attached hydrogen (secondary N) is 1. The van der Waals surface area contributed by atoms with Crippen molar-refractivity contribution in [3.05, 3.63) is 29.8 Å². The number of rotatable bonds is 6. The molecule has 1 aromatic carbocycles. The third kappa shape index (κ3) is 4.22. The molecule has 1 aromatic rings. The average Bonchev–Trinajstić information content (AvgIpc) is 2.81. The minimum Gasteiger partial charge on any atom is -0.508 e. The van der Waals surface area contributed by atoms with Crippen LogP contribution in [0.25, 0.3) is 0 Å². The second-order valence-corrected chi connectivity index (χ2v) is 6.17. The van der Waals surface area contributed by atoms with E-state index in [1.165, 1.54) is 5.56 Å². The second kappa shape index (κ2) is 6.40. The summed E-state index contributed by atoms with van der Waals surface area (Å²) in [7, 11) is 0. The van der Waals surface area contributed by atoms with Gasteiger partial charge in [-0.3, -0.25) is 0 Å². The minimum absolute atomic E-state index is 0.214.